The van der Waals surface area contributed by atoms with Gasteiger partial charge in [-0.25, -0.2) is 4.98 Å². The maximum atomic E-state index is 10.8. The van der Waals surface area contributed by atoms with Crippen LogP contribution < -0.4 is 4.74 Å². The van der Waals surface area contributed by atoms with Gasteiger partial charge in [-0.05, 0) is 67.8 Å². The highest BCUT2D eigenvalue weighted by atomic mass is 16.5. The standard InChI is InChI=1S/C27H26N2O4/c1-18-17-23(12-10-20(18)11-13-26(30)31)32-16-14-24-19(2)33-27(29-24)22-8-6-21(7-9-22)25-5-3-4-15-28-25/h3-10,12,15,17H,11,13-14,16H2,1-2H3,(H,30,31). The molecule has 33 heavy (non-hydrogen) atoms. The van der Waals surface area contributed by atoms with E-state index < -0.39 is 5.97 Å². The summed E-state index contributed by atoms with van der Waals surface area (Å²) in [6.07, 6.45) is 3.05. The predicted molar refractivity (Wildman–Crippen MR) is 126 cm³/mol. The van der Waals surface area contributed by atoms with Crippen molar-refractivity contribution >= 4 is 5.97 Å². The van der Waals surface area contributed by atoms with E-state index >= 15 is 0 Å². The summed E-state index contributed by atoms with van der Waals surface area (Å²) in [5.41, 5.74) is 5.81. The van der Waals surface area contributed by atoms with Gasteiger partial charge in [-0.2, -0.15) is 0 Å². The van der Waals surface area contributed by atoms with E-state index in [0.29, 0.717) is 25.3 Å². The van der Waals surface area contributed by atoms with Crippen molar-refractivity contribution in [3.05, 3.63) is 89.4 Å². The fourth-order valence-electron chi connectivity index (χ4n) is 3.65. The maximum Gasteiger partial charge on any atom is 0.303 e. The largest absolute Gasteiger partial charge is 0.493 e. The Labute approximate surface area is 192 Å². The highest BCUT2D eigenvalue weighted by Crippen LogP contribution is 2.25. The minimum atomic E-state index is -0.791. The summed E-state index contributed by atoms with van der Waals surface area (Å²) >= 11 is 0. The van der Waals surface area contributed by atoms with Crippen LogP contribution in [0.1, 0.15) is 29.0 Å². The fourth-order valence-corrected chi connectivity index (χ4v) is 3.65. The topological polar surface area (TPSA) is 85.5 Å². The van der Waals surface area contributed by atoms with Crippen LogP contribution in [-0.2, 0) is 17.6 Å². The van der Waals surface area contributed by atoms with Crippen molar-refractivity contribution in [2.24, 2.45) is 0 Å². The molecule has 0 saturated heterocycles. The Morgan fingerprint density at radius 2 is 1.79 bits per heavy atom. The van der Waals surface area contributed by atoms with Gasteiger partial charge in [-0.15, -0.1) is 0 Å². The van der Waals surface area contributed by atoms with Gasteiger partial charge in [0, 0.05) is 30.2 Å². The Balaban J connectivity index is 1.36. The van der Waals surface area contributed by atoms with Gasteiger partial charge >= 0.3 is 5.97 Å². The Morgan fingerprint density at radius 3 is 2.48 bits per heavy atom. The minimum Gasteiger partial charge on any atom is -0.493 e. The minimum absolute atomic E-state index is 0.126. The van der Waals surface area contributed by atoms with E-state index in [9.17, 15) is 4.79 Å². The number of carboxylic acid groups (broad SMARTS) is 1. The SMILES string of the molecule is Cc1cc(OCCc2nc(-c3ccc(-c4ccccn4)cc3)oc2C)ccc1CCC(=O)O. The zero-order valence-corrected chi connectivity index (χ0v) is 18.7. The number of aromatic nitrogens is 2. The van der Waals surface area contributed by atoms with Gasteiger partial charge in [-0.3, -0.25) is 9.78 Å². The molecule has 4 aromatic rings. The van der Waals surface area contributed by atoms with Crippen molar-refractivity contribution < 1.29 is 19.1 Å². The Kier molecular flexibility index (Phi) is 6.83. The second kappa shape index (κ2) is 10.1. The van der Waals surface area contributed by atoms with Gasteiger partial charge in [0.1, 0.15) is 11.5 Å². The summed E-state index contributed by atoms with van der Waals surface area (Å²) in [4.78, 5) is 19.8. The first-order valence-corrected chi connectivity index (χ1v) is 10.9. The molecule has 2 heterocycles. The molecular weight excluding hydrogens is 416 g/mol. The molecule has 0 aliphatic carbocycles. The maximum absolute atomic E-state index is 10.8. The van der Waals surface area contributed by atoms with Gasteiger partial charge in [0.2, 0.25) is 5.89 Å². The number of rotatable bonds is 9. The monoisotopic (exact) mass is 442 g/mol. The van der Waals surface area contributed by atoms with E-state index in [1.807, 2.05) is 74.5 Å². The molecule has 2 aromatic carbocycles. The number of hydrogen-bond donors (Lipinski definition) is 1. The molecule has 6 heteroatoms. The molecule has 4 rings (SSSR count). The van der Waals surface area contributed by atoms with Gasteiger partial charge in [-0.1, -0.05) is 24.3 Å². The Morgan fingerprint density at radius 1 is 1.00 bits per heavy atom. The quantitative estimate of drug-likeness (QED) is 0.360. The zero-order chi connectivity index (χ0) is 23.2. The van der Waals surface area contributed by atoms with Gasteiger partial charge in [0.25, 0.3) is 0 Å². The summed E-state index contributed by atoms with van der Waals surface area (Å²) in [6, 6.07) is 19.6. The van der Waals surface area contributed by atoms with Crippen LogP contribution in [0.5, 0.6) is 5.75 Å². The molecule has 0 unspecified atom stereocenters. The molecule has 168 valence electrons. The fraction of sp³-hybridized carbons (Fsp3) is 0.222. The number of nitrogens with zero attached hydrogens (tertiary/aromatic N) is 2. The molecule has 6 nitrogen and oxygen atoms in total. The molecule has 0 saturated carbocycles. The molecule has 0 aliphatic rings. The van der Waals surface area contributed by atoms with Crippen molar-refractivity contribution in [3.63, 3.8) is 0 Å². The van der Waals surface area contributed by atoms with E-state index in [0.717, 1.165) is 45.2 Å². The van der Waals surface area contributed by atoms with Crippen molar-refractivity contribution in [1.82, 2.24) is 9.97 Å². The zero-order valence-electron chi connectivity index (χ0n) is 18.7. The molecule has 0 amide bonds. The third-order valence-electron chi connectivity index (χ3n) is 5.52. The predicted octanol–water partition coefficient (Wildman–Crippen LogP) is 5.66. The van der Waals surface area contributed by atoms with E-state index in [1.165, 1.54) is 0 Å². The average molecular weight is 443 g/mol. The number of ether oxygens (including phenoxy) is 1. The summed E-state index contributed by atoms with van der Waals surface area (Å²) in [7, 11) is 0. The van der Waals surface area contributed by atoms with Gasteiger partial charge < -0.3 is 14.3 Å². The second-order valence-corrected chi connectivity index (χ2v) is 7.89. The van der Waals surface area contributed by atoms with Crippen LogP contribution in [0.3, 0.4) is 0 Å². The van der Waals surface area contributed by atoms with Crippen molar-refractivity contribution in [3.8, 4) is 28.5 Å². The van der Waals surface area contributed by atoms with Crippen molar-refractivity contribution in [1.29, 1.82) is 0 Å². The van der Waals surface area contributed by atoms with Crippen LogP contribution >= 0.6 is 0 Å². The molecule has 0 aliphatic heterocycles. The van der Waals surface area contributed by atoms with Crippen LogP contribution in [0.25, 0.3) is 22.7 Å². The van der Waals surface area contributed by atoms with E-state index in [2.05, 4.69) is 9.97 Å². The van der Waals surface area contributed by atoms with Crippen molar-refractivity contribution in [2.45, 2.75) is 33.1 Å². The average Bonchev–Trinajstić information content (AvgIpc) is 3.19. The lowest BCUT2D eigenvalue weighted by atomic mass is 10.0. The lowest BCUT2D eigenvalue weighted by molar-refractivity contribution is -0.136. The highest BCUT2D eigenvalue weighted by Gasteiger charge is 2.12. The molecule has 0 radical (unpaired) electrons. The number of aryl methyl sites for hydroxylation is 3. The lowest BCUT2D eigenvalue weighted by Crippen LogP contribution is -2.04. The smallest absolute Gasteiger partial charge is 0.303 e. The number of hydrogen-bond acceptors (Lipinski definition) is 5. The van der Waals surface area contributed by atoms with E-state index in [-0.39, 0.29) is 6.42 Å². The van der Waals surface area contributed by atoms with Crippen molar-refractivity contribution in [2.75, 3.05) is 6.61 Å². The van der Waals surface area contributed by atoms with E-state index in [4.69, 9.17) is 14.3 Å². The first kappa shape index (κ1) is 22.3. The Bertz CT molecular complexity index is 1230. The molecule has 0 atom stereocenters. The summed E-state index contributed by atoms with van der Waals surface area (Å²) in [6.45, 7) is 4.35. The number of pyridine rings is 1. The van der Waals surface area contributed by atoms with Crippen LogP contribution in [0.2, 0.25) is 0 Å². The third-order valence-corrected chi connectivity index (χ3v) is 5.52. The summed E-state index contributed by atoms with van der Waals surface area (Å²) < 4.78 is 11.8. The number of oxazole rings is 1. The van der Waals surface area contributed by atoms with Crippen LogP contribution in [0.15, 0.2) is 71.3 Å². The van der Waals surface area contributed by atoms with Crippen LogP contribution in [0.4, 0.5) is 0 Å². The van der Waals surface area contributed by atoms with Gasteiger partial charge in [0.05, 0.1) is 18.0 Å². The van der Waals surface area contributed by atoms with Crippen LogP contribution in [-0.4, -0.2) is 27.7 Å². The summed E-state index contributed by atoms with van der Waals surface area (Å²) in [5, 5.41) is 8.86. The number of carbonyl (C=O) groups is 1. The lowest BCUT2D eigenvalue weighted by Gasteiger charge is -2.09. The summed E-state index contributed by atoms with van der Waals surface area (Å²) in [5.74, 6) is 1.34. The van der Waals surface area contributed by atoms with Crippen LogP contribution in [0, 0.1) is 13.8 Å². The number of carboxylic acids is 1. The van der Waals surface area contributed by atoms with Gasteiger partial charge in [0.15, 0.2) is 0 Å². The third kappa shape index (κ3) is 5.66. The molecule has 2 aromatic heterocycles. The molecule has 0 bridgehead atoms. The first-order valence-electron chi connectivity index (χ1n) is 10.9. The number of aliphatic carboxylic acids is 1. The second-order valence-electron chi connectivity index (χ2n) is 7.89. The molecular formula is C27H26N2O4. The first-order chi connectivity index (χ1) is 16.0. The molecule has 0 fully saturated rings. The Hall–Kier alpha value is -3.93. The van der Waals surface area contributed by atoms with E-state index in [1.54, 1.807) is 6.20 Å². The molecule has 1 N–H and O–H groups in total. The highest BCUT2D eigenvalue weighted by molar-refractivity contribution is 5.67. The number of benzene rings is 2. The normalized spacial score (nSPS) is 10.8. The molecule has 0 spiro atoms.